The Morgan fingerprint density at radius 2 is 2.36 bits per heavy atom. The van der Waals surface area contributed by atoms with E-state index in [2.05, 4.69) is 13.8 Å². The molecule has 1 saturated heterocycles. The molecular formula is C11H23NO2. The Hall–Kier alpha value is -0.120. The first-order valence-electron chi connectivity index (χ1n) is 5.65. The van der Waals surface area contributed by atoms with Gasteiger partial charge in [0.1, 0.15) is 0 Å². The molecule has 0 aliphatic carbocycles. The molecule has 1 fully saturated rings. The summed E-state index contributed by atoms with van der Waals surface area (Å²) in [5, 5.41) is 0. The summed E-state index contributed by atoms with van der Waals surface area (Å²) < 4.78 is 10.9. The molecule has 0 spiro atoms. The smallest absolute Gasteiger partial charge is 0.0620 e. The van der Waals surface area contributed by atoms with Gasteiger partial charge in [0.2, 0.25) is 0 Å². The largest absolute Gasteiger partial charge is 0.381 e. The molecule has 1 heterocycles. The van der Waals surface area contributed by atoms with Crippen molar-refractivity contribution < 1.29 is 9.47 Å². The lowest BCUT2D eigenvalue weighted by atomic mass is 10.0. The van der Waals surface area contributed by atoms with Gasteiger partial charge in [-0.05, 0) is 12.3 Å². The Balaban J connectivity index is 2.02. The van der Waals surface area contributed by atoms with Crippen molar-refractivity contribution in [2.45, 2.75) is 32.7 Å². The highest BCUT2D eigenvalue weighted by atomic mass is 16.5. The van der Waals surface area contributed by atoms with Crippen LogP contribution < -0.4 is 5.73 Å². The van der Waals surface area contributed by atoms with Crippen LogP contribution in [0.2, 0.25) is 0 Å². The highest BCUT2D eigenvalue weighted by Gasteiger charge is 2.17. The Labute approximate surface area is 86.9 Å². The van der Waals surface area contributed by atoms with Crippen LogP contribution >= 0.6 is 0 Å². The van der Waals surface area contributed by atoms with Crippen molar-refractivity contribution >= 4 is 0 Å². The van der Waals surface area contributed by atoms with E-state index in [1.807, 2.05) is 0 Å². The third-order valence-electron chi connectivity index (χ3n) is 3.06. The second-order valence-electron chi connectivity index (χ2n) is 4.32. The molecule has 0 aromatic rings. The summed E-state index contributed by atoms with van der Waals surface area (Å²) in [7, 11) is 0. The lowest BCUT2D eigenvalue weighted by Gasteiger charge is -2.19. The van der Waals surface area contributed by atoms with Crippen molar-refractivity contribution in [3.8, 4) is 0 Å². The van der Waals surface area contributed by atoms with Gasteiger partial charge in [0.05, 0.1) is 19.8 Å². The van der Waals surface area contributed by atoms with Crippen LogP contribution in [0.25, 0.3) is 0 Å². The lowest BCUT2D eigenvalue weighted by molar-refractivity contribution is 0.0718. The minimum absolute atomic E-state index is 0.183. The van der Waals surface area contributed by atoms with Gasteiger partial charge in [-0.15, -0.1) is 0 Å². The van der Waals surface area contributed by atoms with Crippen molar-refractivity contribution in [3.05, 3.63) is 0 Å². The summed E-state index contributed by atoms with van der Waals surface area (Å²) in [5.41, 5.74) is 5.96. The van der Waals surface area contributed by atoms with Gasteiger partial charge in [0.15, 0.2) is 0 Å². The molecule has 84 valence electrons. The average Bonchev–Trinajstić information content (AvgIpc) is 2.69. The summed E-state index contributed by atoms with van der Waals surface area (Å²) in [6.45, 7) is 7.59. The van der Waals surface area contributed by atoms with E-state index >= 15 is 0 Å². The van der Waals surface area contributed by atoms with Crippen LogP contribution in [0.1, 0.15) is 26.7 Å². The standard InChI is InChI=1S/C11H23NO2/c1-3-9(2)11(12)8-14-7-10-4-5-13-6-10/h9-11H,3-8,12H2,1-2H3. The van der Waals surface area contributed by atoms with Crippen LogP contribution in [-0.4, -0.2) is 32.5 Å². The summed E-state index contributed by atoms with van der Waals surface area (Å²) >= 11 is 0. The van der Waals surface area contributed by atoms with Crippen LogP contribution in [0, 0.1) is 11.8 Å². The molecular weight excluding hydrogens is 178 g/mol. The topological polar surface area (TPSA) is 44.5 Å². The molecule has 0 bridgehead atoms. The summed E-state index contributed by atoms with van der Waals surface area (Å²) in [6.07, 6.45) is 2.26. The van der Waals surface area contributed by atoms with E-state index in [1.54, 1.807) is 0 Å². The summed E-state index contributed by atoms with van der Waals surface area (Å²) in [4.78, 5) is 0. The normalized spacial score (nSPS) is 26.4. The maximum Gasteiger partial charge on any atom is 0.0620 e. The molecule has 14 heavy (non-hydrogen) atoms. The Kier molecular flexibility index (Phi) is 5.45. The molecule has 0 amide bonds. The Morgan fingerprint density at radius 1 is 1.57 bits per heavy atom. The molecule has 0 radical (unpaired) electrons. The molecule has 0 saturated carbocycles. The zero-order valence-corrected chi connectivity index (χ0v) is 9.37. The average molecular weight is 201 g/mol. The fourth-order valence-electron chi connectivity index (χ4n) is 1.55. The summed E-state index contributed by atoms with van der Waals surface area (Å²) in [6, 6.07) is 0.183. The maximum absolute atomic E-state index is 5.96. The zero-order valence-electron chi connectivity index (χ0n) is 9.37. The van der Waals surface area contributed by atoms with Crippen LogP contribution in [-0.2, 0) is 9.47 Å². The van der Waals surface area contributed by atoms with E-state index < -0.39 is 0 Å². The molecule has 1 rings (SSSR count). The minimum atomic E-state index is 0.183. The molecule has 1 aliphatic heterocycles. The second-order valence-corrected chi connectivity index (χ2v) is 4.32. The first-order valence-corrected chi connectivity index (χ1v) is 5.65. The predicted octanol–water partition coefficient (Wildman–Crippen LogP) is 1.41. The molecule has 3 atom stereocenters. The van der Waals surface area contributed by atoms with Crippen LogP contribution in [0.15, 0.2) is 0 Å². The van der Waals surface area contributed by atoms with E-state index in [-0.39, 0.29) is 6.04 Å². The van der Waals surface area contributed by atoms with Crippen LogP contribution in [0.4, 0.5) is 0 Å². The van der Waals surface area contributed by atoms with Gasteiger partial charge >= 0.3 is 0 Å². The monoisotopic (exact) mass is 201 g/mol. The van der Waals surface area contributed by atoms with Gasteiger partial charge in [0, 0.05) is 18.6 Å². The minimum Gasteiger partial charge on any atom is -0.381 e. The van der Waals surface area contributed by atoms with E-state index in [9.17, 15) is 0 Å². The highest BCUT2D eigenvalue weighted by molar-refractivity contribution is 4.68. The third-order valence-corrected chi connectivity index (χ3v) is 3.06. The first kappa shape index (κ1) is 12.0. The maximum atomic E-state index is 5.96. The SMILES string of the molecule is CCC(C)C(N)COCC1CCOC1. The molecule has 0 aromatic heterocycles. The number of ether oxygens (including phenoxy) is 2. The van der Waals surface area contributed by atoms with Crippen molar-refractivity contribution in [2.75, 3.05) is 26.4 Å². The number of hydrogen-bond acceptors (Lipinski definition) is 3. The molecule has 3 nitrogen and oxygen atoms in total. The highest BCUT2D eigenvalue weighted by Crippen LogP contribution is 2.13. The van der Waals surface area contributed by atoms with Crippen molar-refractivity contribution in [3.63, 3.8) is 0 Å². The van der Waals surface area contributed by atoms with Crippen molar-refractivity contribution in [1.29, 1.82) is 0 Å². The fourth-order valence-corrected chi connectivity index (χ4v) is 1.55. The van der Waals surface area contributed by atoms with E-state index in [0.717, 1.165) is 32.7 Å². The molecule has 3 unspecified atom stereocenters. The van der Waals surface area contributed by atoms with Crippen molar-refractivity contribution in [2.24, 2.45) is 17.6 Å². The van der Waals surface area contributed by atoms with Gasteiger partial charge in [-0.25, -0.2) is 0 Å². The van der Waals surface area contributed by atoms with Gasteiger partial charge in [-0.1, -0.05) is 20.3 Å². The van der Waals surface area contributed by atoms with Crippen molar-refractivity contribution in [1.82, 2.24) is 0 Å². The van der Waals surface area contributed by atoms with Gasteiger partial charge in [-0.2, -0.15) is 0 Å². The summed E-state index contributed by atoms with van der Waals surface area (Å²) in [5.74, 6) is 1.15. The predicted molar refractivity (Wildman–Crippen MR) is 57.2 cm³/mol. The van der Waals surface area contributed by atoms with E-state index in [0.29, 0.717) is 18.4 Å². The number of rotatable bonds is 6. The Morgan fingerprint density at radius 3 is 2.93 bits per heavy atom. The second kappa shape index (κ2) is 6.38. The quantitative estimate of drug-likeness (QED) is 0.706. The van der Waals surface area contributed by atoms with Crippen LogP contribution in [0.5, 0.6) is 0 Å². The third kappa shape index (κ3) is 3.95. The first-order chi connectivity index (χ1) is 6.74. The van der Waals surface area contributed by atoms with E-state index in [1.165, 1.54) is 0 Å². The lowest BCUT2D eigenvalue weighted by Crippen LogP contribution is -2.33. The number of nitrogens with two attached hydrogens (primary N) is 1. The Bertz CT molecular complexity index is 146. The molecule has 2 N–H and O–H groups in total. The zero-order chi connectivity index (χ0) is 10.4. The van der Waals surface area contributed by atoms with E-state index in [4.69, 9.17) is 15.2 Å². The molecule has 3 heteroatoms. The fraction of sp³-hybridized carbons (Fsp3) is 1.00. The van der Waals surface area contributed by atoms with Gasteiger partial charge in [0.25, 0.3) is 0 Å². The van der Waals surface area contributed by atoms with Crippen LogP contribution in [0.3, 0.4) is 0 Å². The molecule has 1 aliphatic rings. The molecule has 0 aromatic carbocycles. The van der Waals surface area contributed by atoms with Gasteiger partial charge < -0.3 is 15.2 Å². The number of hydrogen-bond donors (Lipinski definition) is 1. The van der Waals surface area contributed by atoms with Gasteiger partial charge in [-0.3, -0.25) is 0 Å².